The molecule has 17 heavy (non-hydrogen) atoms. The van der Waals surface area contributed by atoms with Crippen LogP contribution in [0.4, 0.5) is 4.79 Å². The minimum Gasteiger partial charge on any atom is -0.307 e. The first kappa shape index (κ1) is 14.7. The highest BCUT2D eigenvalue weighted by atomic mass is 32.3. The van der Waals surface area contributed by atoms with Crippen molar-refractivity contribution in [2.45, 2.75) is 19.9 Å². The van der Waals surface area contributed by atoms with Gasteiger partial charge in [-0.2, -0.15) is 0 Å². The third-order valence-electron chi connectivity index (χ3n) is 1.98. The fourth-order valence-electron chi connectivity index (χ4n) is 0.760. The summed E-state index contributed by atoms with van der Waals surface area (Å²) < 4.78 is 22.7. The van der Waals surface area contributed by atoms with Crippen molar-refractivity contribution in [3.05, 3.63) is 0 Å². The van der Waals surface area contributed by atoms with E-state index in [-0.39, 0.29) is 16.2 Å². The molecule has 1 aliphatic heterocycles. The Labute approximate surface area is 109 Å². The number of amides is 1. The first-order valence-electron chi connectivity index (χ1n) is 4.79. The van der Waals surface area contributed by atoms with Crippen LogP contribution in [0.2, 0.25) is 0 Å². The maximum Gasteiger partial charge on any atom is 0.435 e. The number of hydrogen-bond donors (Lipinski definition) is 0. The van der Waals surface area contributed by atoms with Gasteiger partial charge in [0.25, 0.3) is 0 Å². The largest absolute Gasteiger partial charge is 0.435 e. The van der Waals surface area contributed by atoms with Crippen molar-refractivity contribution in [3.63, 3.8) is 0 Å². The lowest BCUT2D eigenvalue weighted by Gasteiger charge is -2.19. The summed E-state index contributed by atoms with van der Waals surface area (Å²) in [5.74, 6) is 0. The molecule has 1 aliphatic rings. The average Bonchev–Trinajstić information content (AvgIpc) is 2.26. The van der Waals surface area contributed by atoms with E-state index >= 15 is 0 Å². The molecule has 0 aliphatic carbocycles. The highest BCUT2D eigenvalue weighted by Gasteiger charge is 2.22. The average molecular weight is 298 g/mol. The molecule has 0 unspecified atom stereocenters. The molecule has 1 fully saturated rings. The van der Waals surface area contributed by atoms with E-state index in [9.17, 15) is 13.2 Å². The summed E-state index contributed by atoms with van der Waals surface area (Å²) in [6, 6.07) is 0.0229. The van der Waals surface area contributed by atoms with Crippen LogP contribution in [-0.4, -0.2) is 47.0 Å². The van der Waals surface area contributed by atoms with E-state index in [2.05, 4.69) is 5.16 Å². The molecule has 0 radical (unpaired) electrons. The van der Waals surface area contributed by atoms with Crippen LogP contribution in [0.3, 0.4) is 0 Å². The fraction of sp³-hybridized carbons (Fsp3) is 0.750. The van der Waals surface area contributed by atoms with Crippen LogP contribution in [0.1, 0.15) is 13.8 Å². The maximum atomic E-state index is 11.4. The van der Waals surface area contributed by atoms with Gasteiger partial charge in [0.1, 0.15) is 10.2 Å². The molecular formula is C8H14N2O4S3. The molecule has 0 spiro atoms. The van der Waals surface area contributed by atoms with Crippen LogP contribution in [0.25, 0.3) is 0 Å². The molecule has 1 heterocycles. The van der Waals surface area contributed by atoms with Crippen molar-refractivity contribution < 1.29 is 18.0 Å². The molecular weight excluding hydrogens is 284 g/mol. The summed E-state index contributed by atoms with van der Waals surface area (Å²) in [7, 11) is -1.38. The summed E-state index contributed by atoms with van der Waals surface area (Å²) in [5.41, 5.74) is 0. The van der Waals surface area contributed by atoms with Crippen molar-refractivity contribution in [1.82, 2.24) is 4.90 Å². The van der Waals surface area contributed by atoms with E-state index < -0.39 is 15.9 Å². The van der Waals surface area contributed by atoms with Gasteiger partial charge in [-0.15, -0.1) is 0 Å². The Hall–Kier alpha value is -0.410. The Bertz CT molecular complexity index is 402. The molecule has 1 rings (SSSR count). The zero-order valence-corrected chi connectivity index (χ0v) is 12.2. The van der Waals surface area contributed by atoms with Crippen molar-refractivity contribution in [1.29, 1.82) is 0 Å². The third-order valence-corrected chi connectivity index (χ3v) is 7.15. The zero-order valence-electron chi connectivity index (χ0n) is 9.74. The van der Waals surface area contributed by atoms with Crippen LogP contribution in [0.15, 0.2) is 5.16 Å². The minimum absolute atomic E-state index is 0.0175. The van der Waals surface area contributed by atoms with Crippen LogP contribution >= 0.6 is 23.5 Å². The minimum atomic E-state index is -2.99. The molecule has 0 bridgehead atoms. The normalized spacial score (nSPS) is 18.9. The monoisotopic (exact) mass is 298 g/mol. The van der Waals surface area contributed by atoms with Gasteiger partial charge >= 0.3 is 6.09 Å². The van der Waals surface area contributed by atoms with Gasteiger partial charge in [0, 0.05) is 13.1 Å². The Kier molecular flexibility index (Phi) is 5.14. The number of carbonyl (C=O) groups excluding carboxylic acids is 1. The van der Waals surface area contributed by atoms with Crippen LogP contribution in [0, 0.1) is 0 Å². The van der Waals surface area contributed by atoms with Crippen molar-refractivity contribution in [2.75, 3.05) is 17.2 Å². The quantitative estimate of drug-likeness (QED) is 0.568. The zero-order chi connectivity index (χ0) is 13.1. The number of rotatable bonds is 2. The summed E-state index contributed by atoms with van der Waals surface area (Å²) in [6.45, 7) is 3.70. The van der Waals surface area contributed by atoms with Crippen LogP contribution in [-0.2, 0) is 14.7 Å². The molecule has 0 saturated carbocycles. The molecule has 9 heteroatoms. The fourth-order valence-corrected chi connectivity index (χ4v) is 5.27. The molecule has 1 amide bonds. The van der Waals surface area contributed by atoms with E-state index in [1.807, 2.05) is 13.8 Å². The van der Waals surface area contributed by atoms with Gasteiger partial charge < -0.3 is 4.90 Å². The van der Waals surface area contributed by atoms with E-state index in [0.29, 0.717) is 4.38 Å². The molecule has 0 aromatic rings. The lowest BCUT2D eigenvalue weighted by atomic mass is 10.4. The van der Waals surface area contributed by atoms with E-state index in [1.54, 1.807) is 7.05 Å². The second-order valence-corrected chi connectivity index (χ2v) is 8.67. The van der Waals surface area contributed by atoms with Gasteiger partial charge in [0.15, 0.2) is 14.2 Å². The Balaban J connectivity index is 2.48. The van der Waals surface area contributed by atoms with Gasteiger partial charge in [-0.05, 0) is 13.8 Å². The summed E-state index contributed by atoms with van der Waals surface area (Å²) >= 11 is 2.12. The van der Waals surface area contributed by atoms with Gasteiger partial charge in [0.2, 0.25) is 0 Å². The Morgan fingerprint density at radius 1 is 1.41 bits per heavy atom. The van der Waals surface area contributed by atoms with Crippen molar-refractivity contribution >= 4 is 43.8 Å². The summed E-state index contributed by atoms with van der Waals surface area (Å²) in [5, 5.41) is 3.60. The number of sulfone groups is 1. The number of nitrogens with zero attached hydrogens (tertiary/aromatic N) is 2. The topological polar surface area (TPSA) is 76.0 Å². The van der Waals surface area contributed by atoms with Gasteiger partial charge in [-0.1, -0.05) is 28.7 Å². The first-order chi connectivity index (χ1) is 7.82. The highest BCUT2D eigenvalue weighted by Crippen LogP contribution is 2.27. The van der Waals surface area contributed by atoms with E-state index in [0.717, 1.165) is 23.5 Å². The summed E-state index contributed by atoms with van der Waals surface area (Å²) in [6.07, 6.45) is -0.554. The lowest BCUT2D eigenvalue weighted by molar-refractivity contribution is 0.106. The van der Waals surface area contributed by atoms with Gasteiger partial charge in [-0.25, -0.2) is 13.2 Å². The third kappa shape index (κ3) is 4.76. The van der Waals surface area contributed by atoms with Crippen molar-refractivity contribution in [2.24, 2.45) is 5.16 Å². The molecule has 1 saturated heterocycles. The van der Waals surface area contributed by atoms with E-state index in [1.165, 1.54) is 4.90 Å². The molecule has 6 nitrogen and oxygen atoms in total. The Morgan fingerprint density at radius 3 is 2.41 bits per heavy atom. The smallest absolute Gasteiger partial charge is 0.307 e. The van der Waals surface area contributed by atoms with Crippen LogP contribution in [0.5, 0.6) is 0 Å². The lowest BCUT2D eigenvalue weighted by Crippen LogP contribution is -2.32. The molecule has 0 atom stereocenters. The predicted molar refractivity (Wildman–Crippen MR) is 70.7 cm³/mol. The second kappa shape index (κ2) is 5.96. The second-order valence-electron chi connectivity index (χ2n) is 3.69. The molecule has 0 aromatic heterocycles. The summed E-state index contributed by atoms with van der Waals surface area (Å²) in [4.78, 5) is 17.5. The molecule has 0 aromatic carbocycles. The van der Waals surface area contributed by atoms with Crippen molar-refractivity contribution in [3.8, 4) is 0 Å². The number of hydrogen-bond acceptors (Lipinski definition) is 7. The molecule has 98 valence electrons. The van der Waals surface area contributed by atoms with Crippen LogP contribution < -0.4 is 0 Å². The standard InChI is InChI=1S/C8H14N2O4S3/c1-6(2)10(3)8(11)14-9-7-15-4-17(12,13)5-16-7/h6H,4-5H2,1-3H3. The maximum absolute atomic E-state index is 11.4. The SMILES string of the molecule is CC(C)N(C)C(=O)ON=C1SCS(=O)(=O)CS1. The highest BCUT2D eigenvalue weighted by molar-refractivity contribution is 8.46. The van der Waals surface area contributed by atoms with E-state index in [4.69, 9.17) is 4.84 Å². The number of carbonyl (C=O) groups is 1. The number of oxime groups is 1. The number of thioether (sulfide) groups is 2. The molecule has 0 N–H and O–H groups in total. The van der Waals surface area contributed by atoms with Gasteiger partial charge in [0.05, 0.1) is 0 Å². The first-order valence-corrected chi connectivity index (χ1v) is 8.59. The van der Waals surface area contributed by atoms with Gasteiger partial charge in [-0.3, -0.25) is 4.84 Å². The predicted octanol–water partition coefficient (Wildman–Crippen LogP) is 1.54. The Morgan fingerprint density at radius 2 is 1.94 bits per heavy atom.